The summed E-state index contributed by atoms with van der Waals surface area (Å²) >= 11 is 0. The van der Waals surface area contributed by atoms with E-state index in [1.165, 1.54) is 5.69 Å². The molecule has 1 fully saturated rings. The average molecular weight is 251 g/mol. The first-order chi connectivity index (χ1) is 5.97. The van der Waals surface area contributed by atoms with Crippen molar-refractivity contribution in [2.24, 2.45) is 0 Å². The Bertz CT molecular complexity index is 234. The van der Waals surface area contributed by atoms with Crippen molar-refractivity contribution < 1.29 is 32.7 Å². The maximum Gasteiger partial charge on any atom is 0.0283 e. The topological polar surface area (TPSA) is 28.2 Å². The van der Waals surface area contributed by atoms with Crippen molar-refractivity contribution in [1.82, 2.24) is 10.3 Å². The Morgan fingerprint density at radius 2 is 2.15 bits per heavy atom. The molecule has 2 rings (SSSR count). The summed E-state index contributed by atoms with van der Waals surface area (Å²) < 4.78 is 0. The van der Waals surface area contributed by atoms with Crippen LogP contribution in [0.2, 0.25) is 0 Å². The third-order valence-corrected chi connectivity index (χ3v) is 2.08. The van der Waals surface area contributed by atoms with E-state index in [-0.39, 0.29) is 32.7 Å². The van der Waals surface area contributed by atoms with Gasteiger partial charge in [0.05, 0.1) is 0 Å². The first kappa shape index (κ1) is 11.1. The van der Waals surface area contributed by atoms with Crippen LogP contribution in [0.5, 0.6) is 0 Å². The molecule has 1 aliphatic rings. The quantitative estimate of drug-likeness (QED) is 0.727. The van der Waals surface area contributed by atoms with Crippen molar-refractivity contribution in [2.75, 3.05) is 31.1 Å². The molecule has 4 heteroatoms. The largest absolute Gasteiger partial charge is 0.392 e. The molecular weight excluding hydrogens is 239 g/mol. The fraction of sp³-hybridized carbons (Fsp3) is 0.444. The Hall–Kier alpha value is 0.0139. The molecule has 1 aromatic rings. The van der Waals surface area contributed by atoms with E-state index in [0.717, 1.165) is 26.2 Å². The molecule has 1 N–H and O–H groups in total. The van der Waals surface area contributed by atoms with Gasteiger partial charge in [0.15, 0.2) is 0 Å². The summed E-state index contributed by atoms with van der Waals surface area (Å²) in [6.45, 7) is 4.29. The van der Waals surface area contributed by atoms with Crippen LogP contribution in [0.4, 0.5) is 5.69 Å². The summed E-state index contributed by atoms with van der Waals surface area (Å²) in [6, 6.07) is 3.91. The third-order valence-electron chi connectivity index (χ3n) is 2.08. The monoisotopic (exact) mass is 251 g/mol. The molecule has 0 aromatic carbocycles. The zero-order valence-corrected chi connectivity index (χ0v) is 10.4. The molecule has 0 spiro atoms. The molecule has 1 saturated heterocycles. The summed E-state index contributed by atoms with van der Waals surface area (Å²) in [5, 5.41) is 3.31. The van der Waals surface area contributed by atoms with Gasteiger partial charge in [-0.3, -0.25) is 0 Å². The minimum Gasteiger partial charge on any atom is -0.392 e. The molecule has 13 heavy (non-hydrogen) atoms. The predicted octanol–water partition coefficient (Wildman–Crippen LogP) is 0.289. The van der Waals surface area contributed by atoms with Crippen molar-refractivity contribution >= 4 is 5.69 Å². The minimum atomic E-state index is 0. The Morgan fingerprint density at radius 1 is 1.38 bits per heavy atom. The molecule has 0 unspecified atom stereocenters. The van der Waals surface area contributed by atoms with Gasteiger partial charge in [-0.25, -0.2) is 0 Å². The van der Waals surface area contributed by atoms with Gasteiger partial charge in [0, 0.05) is 58.9 Å². The second-order valence-corrected chi connectivity index (χ2v) is 2.88. The van der Waals surface area contributed by atoms with E-state index in [9.17, 15) is 0 Å². The molecule has 1 radical (unpaired) electrons. The minimum absolute atomic E-state index is 0. The number of nitrogens with one attached hydrogen (secondary N) is 1. The van der Waals surface area contributed by atoms with Gasteiger partial charge in [0.1, 0.15) is 0 Å². The second kappa shape index (κ2) is 5.68. The number of hydrogen-bond donors (Lipinski definition) is 1. The van der Waals surface area contributed by atoms with Crippen LogP contribution in [0.3, 0.4) is 0 Å². The molecule has 1 aromatic heterocycles. The number of pyridine rings is 1. The Morgan fingerprint density at radius 3 is 2.77 bits per heavy atom. The van der Waals surface area contributed by atoms with E-state index in [1.54, 1.807) is 0 Å². The molecule has 3 nitrogen and oxygen atoms in total. The smallest absolute Gasteiger partial charge is 0.0283 e. The second-order valence-electron chi connectivity index (χ2n) is 2.88. The van der Waals surface area contributed by atoms with Crippen LogP contribution in [0.15, 0.2) is 18.3 Å². The molecular formula is C9H12N3Y-. The van der Waals surface area contributed by atoms with Gasteiger partial charge in [-0.2, -0.15) is 6.07 Å². The molecule has 0 amide bonds. The zero-order valence-electron chi connectivity index (χ0n) is 7.53. The van der Waals surface area contributed by atoms with E-state index in [0.29, 0.717) is 0 Å². The van der Waals surface area contributed by atoms with Gasteiger partial charge < -0.3 is 15.2 Å². The maximum atomic E-state index is 3.97. The van der Waals surface area contributed by atoms with Crippen LogP contribution in [0, 0.1) is 6.20 Å². The Balaban J connectivity index is 0.000000845. The summed E-state index contributed by atoms with van der Waals surface area (Å²) in [4.78, 5) is 6.30. The van der Waals surface area contributed by atoms with E-state index < -0.39 is 0 Å². The van der Waals surface area contributed by atoms with Gasteiger partial charge in [-0.05, 0) is 0 Å². The number of hydrogen-bond acceptors (Lipinski definition) is 3. The van der Waals surface area contributed by atoms with Crippen molar-refractivity contribution in [3.8, 4) is 0 Å². The van der Waals surface area contributed by atoms with Gasteiger partial charge in [0.25, 0.3) is 0 Å². The molecule has 0 bridgehead atoms. The van der Waals surface area contributed by atoms with E-state index in [2.05, 4.69) is 27.5 Å². The van der Waals surface area contributed by atoms with Crippen LogP contribution in [0.25, 0.3) is 0 Å². The van der Waals surface area contributed by atoms with Crippen LogP contribution in [-0.2, 0) is 32.7 Å². The number of rotatable bonds is 1. The predicted molar refractivity (Wildman–Crippen MR) is 48.2 cm³/mol. The Labute approximate surface area is 104 Å². The van der Waals surface area contributed by atoms with Gasteiger partial charge in [-0.1, -0.05) is 18.1 Å². The van der Waals surface area contributed by atoms with Crippen molar-refractivity contribution in [2.45, 2.75) is 0 Å². The van der Waals surface area contributed by atoms with Crippen LogP contribution in [-0.4, -0.2) is 31.2 Å². The van der Waals surface area contributed by atoms with Crippen molar-refractivity contribution in [1.29, 1.82) is 0 Å². The summed E-state index contributed by atoms with van der Waals surface area (Å²) in [5.74, 6) is 0. The fourth-order valence-corrected chi connectivity index (χ4v) is 1.42. The van der Waals surface area contributed by atoms with Crippen molar-refractivity contribution in [3.05, 3.63) is 24.5 Å². The van der Waals surface area contributed by atoms with Crippen LogP contribution in [0.1, 0.15) is 0 Å². The molecule has 1 aliphatic heterocycles. The summed E-state index contributed by atoms with van der Waals surface area (Å²) in [6.07, 6.45) is 4.65. The van der Waals surface area contributed by atoms with E-state index >= 15 is 0 Å². The number of anilines is 1. The van der Waals surface area contributed by atoms with E-state index in [4.69, 9.17) is 0 Å². The van der Waals surface area contributed by atoms with Crippen LogP contribution >= 0.6 is 0 Å². The first-order valence-electron chi connectivity index (χ1n) is 4.24. The van der Waals surface area contributed by atoms with Crippen molar-refractivity contribution in [3.63, 3.8) is 0 Å². The van der Waals surface area contributed by atoms with Gasteiger partial charge in [0.2, 0.25) is 0 Å². The van der Waals surface area contributed by atoms with Crippen LogP contribution < -0.4 is 10.2 Å². The summed E-state index contributed by atoms with van der Waals surface area (Å²) in [7, 11) is 0. The normalized spacial score (nSPS) is 16.5. The standard InChI is InChI=1S/C9H12N3.Y/c1-2-9(8-11-3-1)12-6-4-10-5-7-12;/h1-2,8,10H,4-7H2;/q-1;. The molecule has 2 heterocycles. The first-order valence-corrected chi connectivity index (χ1v) is 4.24. The SMILES string of the molecule is [Y].[c-]1ccc(N2CCNCC2)cn1. The number of nitrogens with zero attached hydrogens (tertiary/aromatic N) is 2. The number of piperazine rings is 1. The number of aromatic nitrogens is 1. The third kappa shape index (κ3) is 3.01. The van der Waals surface area contributed by atoms with Gasteiger partial charge >= 0.3 is 0 Å². The average Bonchev–Trinajstić information content (AvgIpc) is 2.21. The van der Waals surface area contributed by atoms with E-state index in [1.807, 2.05) is 12.3 Å². The zero-order chi connectivity index (χ0) is 8.23. The maximum absolute atomic E-state index is 3.97. The molecule has 0 atom stereocenters. The summed E-state index contributed by atoms with van der Waals surface area (Å²) in [5.41, 5.74) is 1.20. The molecule has 67 valence electrons. The molecule has 0 aliphatic carbocycles. The van der Waals surface area contributed by atoms with Gasteiger partial charge in [-0.15, -0.1) is 6.07 Å². The molecule has 0 saturated carbocycles. The fourth-order valence-electron chi connectivity index (χ4n) is 1.42. The Kier molecular flexibility index (Phi) is 4.85.